The van der Waals surface area contributed by atoms with Gasteiger partial charge in [0, 0.05) is 19.2 Å². The molecule has 1 saturated heterocycles. The molecule has 0 saturated carbocycles. The molecule has 12 heteroatoms. The molecule has 2 amide bonds. The van der Waals surface area contributed by atoms with E-state index in [-0.39, 0.29) is 25.4 Å². The van der Waals surface area contributed by atoms with E-state index in [9.17, 15) is 24.5 Å². The van der Waals surface area contributed by atoms with Crippen LogP contribution in [0.2, 0.25) is 0 Å². The third-order valence-electron chi connectivity index (χ3n) is 3.81. The lowest BCUT2D eigenvalue weighted by Crippen LogP contribution is -2.44. The van der Waals surface area contributed by atoms with Crippen molar-refractivity contribution in [2.75, 3.05) is 19.7 Å². The average Bonchev–Trinajstić information content (AvgIpc) is 3.13. The smallest absolute Gasteiger partial charge is 0.415 e. The van der Waals surface area contributed by atoms with E-state index in [1.165, 1.54) is 16.8 Å². The van der Waals surface area contributed by atoms with Crippen LogP contribution >= 0.6 is 0 Å². The normalized spacial score (nSPS) is 15.9. The number of carbonyl (C=O) groups excluding carboxylic acids is 2. The van der Waals surface area contributed by atoms with Crippen LogP contribution in [0.1, 0.15) is 23.2 Å². The van der Waals surface area contributed by atoms with Crippen molar-refractivity contribution in [1.29, 1.82) is 0 Å². The van der Waals surface area contributed by atoms with Gasteiger partial charge in [-0.25, -0.2) is 9.59 Å². The second-order valence-corrected chi connectivity index (χ2v) is 5.65. The van der Waals surface area contributed by atoms with Gasteiger partial charge in [0.1, 0.15) is 18.2 Å². The van der Waals surface area contributed by atoms with Gasteiger partial charge in [-0.15, -0.1) is 10.1 Å². The van der Waals surface area contributed by atoms with Crippen LogP contribution in [0.15, 0.2) is 24.5 Å². The largest absolute Gasteiger partial charge is 0.480 e. The number of hydrogen-bond acceptors (Lipinski definition) is 7. The zero-order valence-electron chi connectivity index (χ0n) is 14.3. The molecular formula is C15H19N4O8+. The maximum Gasteiger partial charge on any atom is 0.415 e. The average molecular weight is 383 g/mol. The zero-order valence-corrected chi connectivity index (χ0v) is 14.3. The molecule has 1 aromatic rings. The lowest BCUT2D eigenvalue weighted by atomic mass is 10.2. The summed E-state index contributed by atoms with van der Waals surface area (Å²) in [5.41, 5.74) is 0.249. The highest BCUT2D eigenvalue weighted by Crippen LogP contribution is 2.18. The van der Waals surface area contributed by atoms with Gasteiger partial charge in [-0.3, -0.25) is 9.69 Å². The van der Waals surface area contributed by atoms with Crippen LogP contribution in [0.5, 0.6) is 0 Å². The van der Waals surface area contributed by atoms with Gasteiger partial charge in [-0.05, 0) is 18.9 Å². The van der Waals surface area contributed by atoms with E-state index >= 15 is 0 Å². The molecule has 2 N–H and O–H groups in total. The number of carboxylic acids is 1. The minimum Gasteiger partial charge on any atom is -0.480 e. The van der Waals surface area contributed by atoms with E-state index in [0.717, 1.165) is 4.90 Å². The fraction of sp³-hybridized carbons (Fsp3) is 0.467. The Balaban J connectivity index is 1.86. The lowest BCUT2D eigenvalue weighted by molar-refractivity contribution is -0.757. The summed E-state index contributed by atoms with van der Waals surface area (Å²) in [6.45, 7) is -0.207. The Hall–Kier alpha value is -3.44. The maximum atomic E-state index is 12.1. The number of nitrogens with one attached hydrogen (secondary N) is 1. The molecule has 0 bridgehead atoms. The second-order valence-electron chi connectivity index (χ2n) is 5.65. The number of rotatable bonds is 8. The van der Waals surface area contributed by atoms with E-state index in [2.05, 4.69) is 10.2 Å². The van der Waals surface area contributed by atoms with E-state index < -0.39 is 29.1 Å². The molecule has 0 radical (unpaired) electrons. The minimum atomic E-state index is -1.07. The van der Waals surface area contributed by atoms with Crippen molar-refractivity contribution < 1.29 is 38.7 Å². The van der Waals surface area contributed by atoms with Crippen molar-refractivity contribution in [3.63, 3.8) is 0 Å². The second kappa shape index (κ2) is 9.31. The number of hydrogen-bond donors (Lipinski definition) is 2. The van der Waals surface area contributed by atoms with Crippen molar-refractivity contribution >= 4 is 18.0 Å². The van der Waals surface area contributed by atoms with E-state index in [1.807, 2.05) is 0 Å². The third-order valence-corrected chi connectivity index (χ3v) is 3.81. The van der Waals surface area contributed by atoms with Gasteiger partial charge in [0.25, 0.3) is 17.7 Å². The number of likely N-dealkylation sites (tertiary alicyclic amines) is 1. The van der Waals surface area contributed by atoms with Gasteiger partial charge >= 0.3 is 12.1 Å². The van der Waals surface area contributed by atoms with Crippen molar-refractivity contribution in [1.82, 2.24) is 10.2 Å². The molecular weight excluding hydrogens is 364 g/mol. The molecule has 2 heterocycles. The fourth-order valence-corrected chi connectivity index (χ4v) is 2.58. The Morgan fingerprint density at radius 1 is 1.44 bits per heavy atom. The molecule has 2 rings (SSSR count). The summed E-state index contributed by atoms with van der Waals surface area (Å²) >= 11 is 0. The molecule has 0 aromatic carbocycles. The summed E-state index contributed by atoms with van der Waals surface area (Å²) in [6, 6.07) is 2.19. The highest BCUT2D eigenvalue weighted by atomic mass is 16.9. The van der Waals surface area contributed by atoms with Gasteiger partial charge < -0.3 is 20.0 Å². The molecule has 1 fully saturated rings. The summed E-state index contributed by atoms with van der Waals surface area (Å²) in [4.78, 5) is 50.4. The summed E-state index contributed by atoms with van der Waals surface area (Å²) in [5.74, 6) is -1.55. The van der Waals surface area contributed by atoms with E-state index in [4.69, 9.17) is 9.84 Å². The Labute approximate surface area is 153 Å². The topological polar surface area (TPSA) is 152 Å². The summed E-state index contributed by atoms with van der Waals surface area (Å²) < 4.78 is 6.55. The Morgan fingerprint density at radius 2 is 2.22 bits per heavy atom. The maximum absolute atomic E-state index is 12.1. The number of pyridine rings is 1. The number of carbonyl (C=O) groups is 3. The summed E-state index contributed by atoms with van der Waals surface area (Å²) in [5, 5.41) is 20.6. The van der Waals surface area contributed by atoms with Crippen molar-refractivity contribution in [3.05, 3.63) is 40.2 Å². The molecule has 27 heavy (non-hydrogen) atoms. The van der Waals surface area contributed by atoms with Gasteiger partial charge in [-0.2, -0.15) is 4.57 Å². The number of aliphatic carboxylic acids is 1. The van der Waals surface area contributed by atoms with Gasteiger partial charge in [0.15, 0.2) is 12.4 Å². The van der Waals surface area contributed by atoms with E-state index in [0.29, 0.717) is 19.4 Å². The molecule has 1 aromatic heterocycles. The monoisotopic (exact) mass is 383 g/mol. The number of ether oxygens (including phenoxy) is 1. The first kappa shape index (κ1) is 19.9. The highest BCUT2D eigenvalue weighted by Gasteiger charge is 2.35. The first-order valence-electron chi connectivity index (χ1n) is 8.09. The predicted octanol–water partition coefficient (Wildman–Crippen LogP) is -0.445. The Morgan fingerprint density at radius 3 is 2.93 bits per heavy atom. The molecule has 1 atom stereocenters. The molecule has 0 aliphatic carbocycles. The van der Waals surface area contributed by atoms with Crippen LogP contribution in [0.3, 0.4) is 0 Å². The summed E-state index contributed by atoms with van der Waals surface area (Å²) in [7, 11) is 0. The van der Waals surface area contributed by atoms with Crippen molar-refractivity contribution in [2.45, 2.75) is 25.6 Å². The molecule has 0 spiro atoms. The van der Waals surface area contributed by atoms with Gasteiger partial charge in [0.05, 0.1) is 0 Å². The zero-order chi connectivity index (χ0) is 19.8. The molecule has 0 unspecified atom stereocenters. The van der Waals surface area contributed by atoms with Gasteiger partial charge in [-0.1, -0.05) is 0 Å². The number of nitrogens with zero attached hydrogens (tertiary/aromatic N) is 3. The number of amides is 2. The third kappa shape index (κ3) is 5.80. The highest BCUT2D eigenvalue weighted by molar-refractivity contribution is 5.93. The van der Waals surface area contributed by atoms with Crippen LogP contribution in [-0.4, -0.2) is 58.8 Å². The minimum absolute atomic E-state index is 0.0464. The van der Waals surface area contributed by atoms with Gasteiger partial charge in [0.2, 0.25) is 0 Å². The van der Waals surface area contributed by atoms with Crippen molar-refractivity contribution in [3.8, 4) is 0 Å². The SMILES string of the molecule is O=C(NCCO[N+](=O)[O-])c1ccc[n+](COC(=O)N2CCC[C@H]2C(=O)O)c1. The standard InChI is InChI=1S/C15H18N4O8/c20-13(16-5-8-27-19(24)25)11-3-1-6-17(9-11)10-26-15(23)18-7-2-4-12(18)14(21)22/h1,3,6,9,12H,2,4-5,7-8,10H2,(H-,16,20,21,22)/p+1/t12-/m0/s1. The lowest BCUT2D eigenvalue weighted by Gasteiger charge is -2.19. The van der Waals surface area contributed by atoms with Crippen molar-refractivity contribution in [2.24, 2.45) is 0 Å². The van der Waals surface area contributed by atoms with Crippen LogP contribution in [0.4, 0.5) is 4.79 Å². The number of aromatic nitrogens is 1. The Kier molecular flexibility index (Phi) is 6.86. The fourth-order valence-electron chi connectivity index (χ4n) is 2.58. The molecule has 1 aliphatic heterocycles. The van der Waals surface area contributed by atoms with Crippen LogP contribution in [0, 0.1) is 10.1 Å². The molecule has 12 nitrogen and oxygen atoms in total. The quantitative estimate of drug-likeness (QED) is 0.265. The first-order chi connectivity index (χ1) is 12.9. The summed E-state index contributed by atoms with van der Waals surface area (Å²) in [6.07, 6.45) is 3.23. The Bertz CT molecular complexity index is 726. The van der Waals surface area contributed by atoms with Crippen LogP contribution in [0.25, 0.3) is 0 Å². The van der Waals surface area contributed by atoms with Crippen LogP contribution < -0.4 is 9.88 Å². The van der Waals surface area contributed by atoms with Crippen LogP contribution in [-0.2, 0) is 21.1 Å². The van der Waals surface area contributed by atoms with E-state index in [1.54, 1.807) is 12.3 Å². The molecule has 146 valence electrons. The number of carboxylic acid groups (broad SMARTS) is 1. The predicted molar refractivity (Wildman–Crippen MR) is 85.8 cm³/mol. The molecule has 1 aliphatic rings. The first-order valence-corrected chi connectivity index (χ1v) is 8.09.